The van der Waals surface area contributed by atoms with Gasteiger partial charge in [0.1, 0.15) is 0 Å². The first-order valence-corrected chi connectivity index (χ1v) is 6.45. The summed E-state index contributed by atoms with van der Waals surface area (Å²) in [6.07, 6.45) is 0. The molecule has 0 aromatic heterocycles. The SMILES string of the molecule is COC(=O)c1cc(Cl)ccc1NCc1cccc(F)c1F. The van der Waals surface area contributed by atoms with Crippen molar-refractivity contribution in [2.75, 3.05) is 12.4 Å². The Kier molecular flexibility index (Phi) is 4.75. The highest BCUT2D eigenvalue weighted by atomic mass is 35.5. The summed E-state index contributed by atoms with van der Waals surface area (Å²) in [7, 11) is 1.25. The molecule has 6 heteroatoms. The van der Waals surface area contributed by atoms with Crippen LogP contribution in [0.4, 0.5) is 14.5 Å². The van der Waals surface area contributed by atoms with Gasteiger partial charge in [0.15, 0.2) is 11.6 Å². The number of carbonyl (C=O) groups is 1. The standard InChI is InChI=1S/C15H12ClF2NO2/c1-21-15(20)11-7-10(16)5-6-13(11)19-8-9-3-2-4-12(17)14(9)18/h2-7,19H,8H2,1H3. The molecule has 0 amide bonds. The van der Waals surface area contributed by atoms with E-state index in [1.165, 1.54) is 25.3 Å². The molecule has 2 aromatic rings. The van der Waals surface area contributed by atoms with Crippen LogP contribution < -0.4 is 5.32 Å². The van der Waals surface area contributed by atoms with Crippen molar-refractivity contribution in [2.45, 2.75) is 6.54 Å². The Morgan fingerprint density at radius 3 is 2.76 bits per heavy atom. The number of anilines is 1. The van der Waals surface area contributed by atoms with E-state index in [0.717, 1.165) is 6.07 Å². The molecule has 0 fully saturated rings. The Labute approximate surface area is 125 Å². The Morgan fingerprint density at radius 2 is 2.05 bits per heavy atom. The van der Waals surface area contributed by atoms with Gasteiger partial charge in [-0.05, 0) is 24.3 Å². The van der Waals surface area contributed by atoms with Crippen LogP contribution in [0, 0.1) is 11.6 Å². The molecule has 0 unspecified atom stereocenters. The molecule has 3 nitrogen and oxygen atoms in total. The van der Waals surface area contributed by atoms with Crippen molar-refractivity contribution in [2.24, 2.45) is 0 Å². The van der Waals surface area contributed by atoms with Crippen LogP contribution in [0.5, 0.6) is 0 Å². The maximum atomic E-state index is 13.6. The molecule has 0 spiro atoms. The van der Waals surface area contributed by atoms with E-state index >= 15 is 0 Å². The molecule has 0 atom stereocenters. The zero-order valence-electron chi connectivity index (χ0n) is 11.1. The van der Waals surface area contributed by atoms with Gasteiger partial charge in [0.2, 0.25) is 0 Å². The third-order valence-electron chi connectivity index (χ3n) is 2.89. The summed E-state index contributed by atoms with van der Waals surface area (Å²) in [4.78, 5) is 11.7. The van der Waals surface area contributed by atoms with Gasteiger partial charge in [-0.1, -0.05) is 23.7 Å². The fourth-order valence-corrected chi connectivity index (χ4v) is 2.00. The number of rotatable bonds is 4. The third kappa shape index (κ3) is 3.49. The molecular formula is C15H12ClF2NO2. The second-order valence-electron chi connectivity index (χ2n) is 4.25. The summed E-state index contributed by atoms with van der Waals surface area (Å²) >= 11 is 5.84. The maximum Gasteiger partial charge on any atom is 0.340 e. The van der Waals surface area contributed by atoms with Crippen LogP contribution in [0.1, 0.15) is 15.9 Å². The number of esters is 1. The molecule has 0 heterocycles. The molecule has 110 valence electrons. The van der Waals surface area contributed by atoms with E-state index in [-0.39, 0.29) is 17.7 Å². The zero-order chi connectivity index (χ0) is 15.4. The van der Waals surface area contributed by atoms with E-state index in [9.17, 15) is 13.6 Å². The van der Waals surface area contributed by atoms with Gasteiger partial charge in [-0.3, -0.25) is 0 Å². The Balaban J connectivity index is 2.24. The van der Waals surface area contributed by atoms with Crippen molar-refractivity contribution < 1.29 is 18.3 Å². The van der Waals surface area contributed by atoms with E-state index in [2.05, 4.69) is 10.1 Å². The monoisotopic (exact) mass is 311 g/mol. The predicted octanol–water partition coefficient (Wildman–Crippen LogP) is 4.02. The van der Waals surface area contributed by atoms with Gasteiger partial charge >= 0.3 is 5.97 Å². The van der Waals surface area contributed by atoms with Crippen molar-refractivity contribution in [1.29, 1.82) is 0 Å². The topological polar surface area (TPSA) is 38.3 Å². The summed E-state index contributed by atoms with van der Waals surface area (Å²) in [5.74, 6) is -2.41. The van der Waals surface area contributed by atoms with Gasteiger partial charge < -0.3 is 10.1 Å². The Bertz CT molecular complexity index is 677. The van der Waals surface area contributed by atoms with E-state index in [4.69, 9.17) is 11.6 Å². The molecule has 0 aliphatic heterocycles. The molecule has 0 aliphatic rings. The van der Waals surface area contributed by atoms with E-state index in [0.29, 0.717) is 10.7 Å². The number of ether oxygens (including phenoxy) is 1. The fraction of sp³-hybridized carbons (Fsp3) is 0.133. The first-order valence-electron chi connectivity index (χ1n) is 6.07. The van der Waals surface area contributed by atoms with Crippen LogP contribution >= 0.6 is 11.6 Å². The van der Waals surface area contributed by atoms with Crippen LogP contribution in [0.15, 0.2) is 36.4 Å². The normalized spacial score (nSPS) is 10.3. The largest absolute Gasteiger partial charge is 0.465 e. The Morgan fingerprint density at radius 1 is 1.29 bits per heavy atom. The van der Waals surface area contributed by atoms with E-state index in [1.54, 1.807) is 12.1 Å². The summed E-state index contributed by atoms with van der Waals surface area (Å²) in [6.45, 7) is 0.0230. The summed E-state index contributed by atoms with van der Waals surface area (Å²) < 4.78 is 31.3. The summed E-state index contributed by atoms with van der Waals surface area (Å²) in [5, 5.41) is 3.25. The number of hydrogen-bond donors (Lipinski definition) is 1. The highest BCUT2D eigenvalue weighted by molar-refractivity contribution is 6.31. The molecule has 21 heavy (non-hydrogen) atoms. The van der Waals surface area contributed by atoms with Gasteiger partial charge in [-0.25, -0.2) is 13.6 Å². The highest BCUT2D eigenvalue weighted by Gasteiger charge is 2.13. The molecule has 0 aliphatic carbocycles. The number of hydrogen-bond acceptors (Lipinski definition) is 3. The predicted molar refractivity (Wildman–Crippen MR) is 76.5 cm³/mol. The maximum absolute atomic E-state index is 13.6. The minimum Gasteiger partial charge on any atom is -0.465 e. The van der Waals surface area contributed by atoms with Gasteiger partial charge in [0, 0.05) is 22.8 Å². The number of carbonyl (C=O) groups excluding carboxylic acids is 1. The molecule has 0 saturated carbocycles. The molecule has 0 bridgehead atoms. The van der Waals surface area contributed by atoms with Crippen molar-refractivity contribution >= 4 is 23.3 Å². The number of nitrogens with one attached hydrogen (secondary N) is 1. The minimum atomic E-state index is -0.918. The molecular weight excluding hydrogens is 300 g/mol. The van der Waals surface area contributed by atoms with Gasteiger partial charge in [0.05, 0.1) is 12.7 Å². The highest BCUT2D eigenvalue weighted by Crippen LogP contribution is 2.23. The average Bonchev–Trinajstić information content (AvgIpc) is 2.49. The lowest BCUT2D eigenvalue weighted by Gasteiger charge is -2.12. The van der Waals surface area contributed by atoms with Gasteiger partial charge in [0.25, 0.3) is 0 Å². The van der Waals surface area contributed by atoms with Crippen LogP contribution in [-0.2, 0) is 11.3 Å². The van der Waals surface area contributed by atoms with E-state index < -0.39 is 17.6 Å². The van der Waals surface area contributed by atoms with Crippen molar-refractivity contribution in [3.8, 4) is 0 Å². The van der Waals surface area contributed by atoms with Crippen LogP contribution in [0.3, 0.4) is 0 Å². The lowest BCUT2D eigenvalue weighted by atomic mass is 10.1. The Hall–Kier alpha value is -2.14. The van der Waals surface area contributed by atoms with Crippen molar-refractivity contribution in [3.63, 3.8) is 0 Å². The van der Waals surface area contributed by atoms with Crippen molar-refractivity contribution in [3.05, 3.63) is 64.2 Å². The number of methoxy groups -OCH3 is 1. The first-order chi connectivity index (χ1) is 10.0. The molecule has 2 rings (SSSR count). The molecule has 1 N–H and O–H groups in total. The lowest BCUT2D eigenvalue weighted by molar-refractivity contribution is 0.0602. The van der Waals surface area contributed by atoms with Crippen LogP contribution in [0.25, 0.3) is 0 Å². The average molecular weight is 312 g/mol. The second kappa shape index (κ2) is 6.54. The molecule has 2 aromatic carbocycles. The van der Waals surface area contributed by atoms with Crippen LogP contribution in [0.2, 0.25) is 5.02 Å². The molecule has 0 radical (unpaired) electrons. The van der Waals surface area contributed by atoms with Gasteiger partial charge in [-0.2, -0.15) is 0 Å². The van der Waals surface area contributed by atoms with Gasteiger partial charge in [-0.15, -0.1) is 0 Å². The van der Waals surface area contributed by atoms with Crippen LogP contribution in [-0.4, -0.2) is 13.1 Å². The minimum absolute atomic E-state index is 0.0230. The number of halogens is 3. The lowest BCUT2D eigenvalue weighted by Crippen LogP contribution is -2.09. The second-order valence-corrected chi connectivity index (χ2v) is 4.68. The summed E-state index contributed by atoms with van der Waals surface area (Å²) in [5.41, 5.74) is 0.803. The summed E-state index contributed by atoms with van der Waals surface area (Å²) in [6, 6.07) is 8.51. The van der Waals surface area contributed by atoms with E-state index in [1.807, 2.05) is 0 Å². The third-order valence-corrected chi connectivity index (χ3v) is 3.12. The fourth-order valence-electron chi connectivity index (χ4n) is 1.82. The van der Waals surface area contributed by atoms with Crippen molar-refractivity contribution in [1.82, 2.24) is 0 Å². The zero-order valence-corrected chi connectivity index (χ0v) is 11.9. The number of benzene rings is 2. The first kappa shape index (κ1) is 15.3. The quantitative estimate of drug-likeness (QED) is 0.867. The smallest absolute Gasteiger partial charge is 0.340 e. The molecule has 0 saturated heterocycles.